The van der Waals surface area contributed by atoms with E-state index < -0.39 is 10.0 Å². The number of unbranched alkanes of at least 4 members (excludes halogenated alkanes) is 1. The van der Waals surface area contributed by atoms with Gasteiger partial charge in [0.05, 0.1) is 11.4 Å². The van der Waals surface area contributed by atoms with Crippen LogP contribution in [0.4, 0.5) is 0 Å². The van der Waals surface area contributed by atoms with Crippen molar-refractivity contribution in [3.63, 3.8) is 0 Å². The molecule has 1 aliphatic heterocycles. The molecule has 2 heterocycles. The van der Waals surface area contributed by atoms with Gasteiger partial charge >= 0.3 is 0 Å². The predicted molar refractivity (Wildman–Crippen MR) is 79.8 cm³/mol. The molecular weight excluding hydrogens is 274 g/mol. The van der Waals surface area contributed by atoms with Gasteiger partial charge in [-0.05, 0) is 18.6 Å². The van der Waals surface area contributed by atoms with Gasteiger partial charge < -0.3 is 0 Å². The maximum Gasteiger partial charge on any atom is 0.214 e. The lowest BCUT2D eigenvalue weighted by Crippen LogP contribution is -2.48. The highest BCUT2D eigenvalue weighted by Gasteiger charge is 2.26. The Kier molecular flexibility index (Phi) is 5.51. The Hall–Kier alpha value is -0.980. The first-order valence-electron chi connectivity index (χ1n) is 7.22. The molecule has 0 aromatic carbocycles. The Morgan fingerprint density at radius 1 is 1.20 bits per heavy atom. The topological polar surface area (TPSA) is 53.5 Å². The van der Waals surface area contributed by atoms with Gasteiger partial charge in [0.25, 0.3) is 0 Å². The monoisotopic (exact) mass is 297 g/mol. The minimum atomic E-state index is -3.05. The fourth-order valence-corrected chi connectivity index (χ4v) is 3.97. The molecular formula is C14H23N3O2S. The van der Waals surface area contributed by atoms with E-state index in [1.165, 1.54) is 0 Å². The van der Waals surface area contributed by atoms with Gasteiger partial charge in [-0.25, -0.2) is 8.42 Å². The number of hydrogen-bond acceptors (Lipinski definition) is 4. The number of nitrogens with zero attached hydrogens (tertiary/aromatic N) is 3. The molecule has 1 saturated heterocycles. The normalized spacial score (nSPS) is 18.2. The van der Waals surface area contributed by atoms with E-state index >= 15 is 0 Å². The van der Waals surface area contributed by atoms with Crippen molar-refractivity contribution in [3.8, 4) is 0 Å². The van der Waals surface area contributed by atoms with Crippen molar-refractivity contribution >= 4 is 10.0 Å². The first kappa shape index (κ1) is 15.4. The Morgan fingerprint density at radius 2 is 1.95 bits per heavy atom. The summed E-state index contributed by atoms with van der Waals surface area (Å²) in [5, 5.41) is 0. The van der Waals surface area contributed by atoms with Gasteiger partial charge in [-0.15, -0.1) is 0 Å². The van der Waals surface area contributed by atoms with Crippen molar-refractivity contribution in [1.29, 1.82) is 0 Å². The van der Waals surface area contributed by atoms with E-state index in [9.17, 15) is 8.42 Å². The molecule has 112 valence electrons. The summed E-state index contributed by atoms with van der Waals surface area (Å²) in [6.07, 6.45) is 3.45. The minimum absolute atomic E-state index is 0.281. The summed E-state index contributed by atoms with van der Waals surface area (Å²) in [5.41, 5.74) is 1.04. The first-order valence-corrected chi connectivity index (χ1v) is 8.83. The first-order chi connectivity index (χ1) is 9.62. The number of rotatable bonds is 6. The van der Waals surface area contributed by atoms with Gasteiger partial charge in [0.1, 0.15) is 0 Å². The molecule has 0 radical (unpaired) electrons. The smallest absolute Gasteiger partial charge is 0.214 e. The zero-order valence-corrected chi connectivity index (χ0v) is 12.8. The van der Waals surface area contributed by atoms with Crippen LogP contribution in [0.5, 0.6) is 0 Å². The van der Waals surface area contributed by atoms with Crippen LogP contribution in [0.1, 0.15) is 25.5 Å². The number of piperazine rings is 1. The van der Waals surface area contributed by atoms with E-state index in [2.05, 4.69) is 9.88 Å². The molecule has 1 aromatic heterocycles. The zero-order valence-electron chi connectivity index (χ0n) is 12.0. The summed E-state index contributed by atoms with van der Waals surface area (Å²) in [4.78, 5) is 6.57. The maximum absolute atomic E-state index is 12.1. The second-order valence-corrected chi connectivity index (χ2v) is 7.25. The quantitative estimate of drug-likeness (QED) is 0.795. The van der Waals surface area contributed by atoms with Crippen LogP contribution in [0.15, 0.2) is 24.4 Å². The highest BCUT2D eigenvalue weighted by molar-refractivity contribution is 7.89. The van der Waals surface area contributed by atoms with Crippen molar-refractivity contribution < 1.29 is 8.42 Å². The number of hydrogen-bond donors (Lipinski definition) is 0. The number of aromatic nitrogens is 1. The third kappa shape index (κ3) is 4.26. The molecule has 1 aromatic rings. The van der Waals surface area contributed by atoms with Crippen LogP contribution in [0.3, 0.4) is 0 Å². The predicted octanol–water partition coefficient (Wildman–Crippen LogP) is 1.33. The molecule has 0 unspecified atom stereocenters. The maximum atomic E-state index is 12.1. The Morgan fingerprint density at radius 3 is 2.55 bits per heavy atom. The van der Waals surface area contributed by atoms with Crippen LogP contribution in [-0.2, 0) is 16.6 Å². The highest BCUT2D eigenvalue weighted by Crippen LogP contribution is 2.11. The summed E-state index contributed by atoms with van der Waals surface area (Å²) in [7, 11) is -3.05. The van der Waals surface area contributed by atoms with Gasteiger partial charge in [0.2, 0.25) is 10.0 Å². The standard InChI is InChI=1S/C14H23N3O2S/c1-2-3-12-20(18,19)17-10-8-16(9-11-17)13-14-6-4-5-7-15-14/h4-7H,2-3,8-13H2,1H3. The van der Waals surface area contributed by atoms with Gasteiger partial charge in [-0.2, -0.15) is 4.31 Å². The van der Waals surface area contributed by atoms with Crippen molar-refractivity contribution in [2.45, 2.75) is 26.3 Å². The fourth-order valence-electron chi connectivity index (χ4n) is 2.34. The van der Waals surface area contributed by atoms with E-state index in [0.717, 1.165) is 38.2 Å². The second-order valence-electron chi connectivity index (χ2n) is 5.17. The van der Waals surface area contributed by atoms with Crippen molar-refractivity contribution in [2.24, 2.45) is 0 Å². The van der Waals surface area contributed by atoms with Crippen LogP contribution in [0, 0.1) is 0 Å². The SMILES string of the molecule is CCCCS(=O)(=O)N1CCN(Cc2ccccn2)CC1. The number of sulfonamides is 1. The molecule has 0 spiro atoms. The molecule has 1 aliphatic rings. The van der Waals surface area contributed by atoms with Gasteiger partial charge in [0, 0.05) is 38.9 Å². The van der Waals surface area contributed by atoms with E-state index in [1.54, 1.807) is 10.5 Å². The van der Waals surface area contributed by atoms with Gasteiger partial charge in [0.15, 0.2) is 0 Å². The molecule has 2 rings (SSSR count). The molecule has 5 nitrogen and oxygen atoms in total. The summed E-state index contributed by atoms with van der Waals surface area (Å²) in [5.74, 6) is 0.281. The van der Waals surface area contributed by atoms with Gasteiger partial charge in [-0.3, -0.25) is 9.88 Å². The minimum Gasteiger partial charge on any atom is -0.295 e. The Labute approximate surface area is 121 Å². The lowest BCUT2D eigenvalue weighted by Gasteiger charge is -2.33. The van der Waals surface area contributed by atoms with E-state index in [0.29, 0.717) is 13.1 Å². The molecule has 1 fully saturated rings. The van der Waals surface area contributed by atoms with Crippen LogP contribution in [-0.4, -0.2) is 54.5 Å². The summed E-state index contributed by atoms with van der Waals surface area (Å²) in [6, 6.07) is 5.89. The van der Waals surface area contributed by atoms with Crippen LogP contribution in [0.25, 0.3) is 0 Å². The van der Waals surface area contributed by atoms with Crippen LogP contribution in [0.2, 0.25) is 0 Å². The molecule has 6 heteroatoms. The third-order valence-electron chi connectivity index (χ3n) is 3.59. The Balaban J connectivity index is 1.83. The molecule has 0 amide bonds. The molecule has 0 atom stereocenters. The number of pyridine rings is 1. The highest BCUT2D eigenvalue weighted by atomic mass is 32.2. The van der Waals surface area contributed by atoms with Crippen LogP contribution < -0.4 is 0 Å². The van der Waals surface area contributed by atoms with Crippen LogP contribution >= 0.6 is 0 Å². The summed E-state index contributed by atoms with van der Waals surface area (Å²) in [6.45, 7) is 5.56. The van der Waals surface area contributed by atoms with Gasteiger partial charge in [-0.1, -0.05) is 19.4 Å². The summed E-state index contributed by atoms with van der Waals surface area (Å²) >= 11 is 0. The molecule has 0 N–H and O–H groups in total. The average molecular weight is 297 g/mol. The van der Waals surface area contributed by atoms with Crippen molar-refractivity contribution in [3.05, 3.63) is 30.1 Å². The molecule has 20 heavy (non-hydrogen) atoms. The van der Waals surface area contributed by atoms with E-state index in [1.807, 2.05) is 25.1 Å². The lowest BCUT2D eigenvalue weighted by atomic mass is 10.3. The zero-order chi connectivity index (χ0) is 14.4. The molecule has 0 bridgehead atoms. The third-order valence-corrected chi connectivity index (χ3v) is 5.55. The van der Waals surface area contributed by atoms with E-state index in [4.69, 9.17) is 0 Å². The average Bonchev–Trinajstić information content (AvgIpc) is 2.47. The molecule has 0 saturated carbocycles. The van der Waals surface area contributed by atoms with E-state index in [-0.39, 0.29) is 5.75 Å². The Bertz CT molecular complexity index is 496. The lowest BCUT2D eigenvalue weighted by molar-refractivity contribution is 0.180. The molecule has 0 aliphatic carbocycles. The van der Waals surface area contributed by atoms with Crippen molar-refractivity contribution in [2.75, 3.05) is 31.9 Å². The summed E-state index contributed by atoms with van der Waals surface area (Å²) < 4.78 is 25.8. The second kappa shape index (κ2) is 7.15. The van der Waals surface area contributed by atoms with Crippen molar-refractivity contribution in [1.82, 2.24) is 14.2 Å². The largest absolute Gasteiger partial charge is 0.295 e. The fraction of sp³-hybridized carbons (Fsp3) is 0.643.